The molecule has 0 radical (unpaired) electrons. The van der Waals surface area contributed by atoms with Crippen molar-refractivity contribution < 1.29 is 18.7 Å². The maximum Gasteiger partial charge on any atom is 0.258 e. The van der Waals surface area contributed by atoms with Gasteiger partial charge in [-0.05, 0) is 66.0 Å². The van der Waals surface area contributed by atoms with Crippen LogP contribution >= 0.6 is 15.9 Å². The predicted molar refractivity (Wildman–Crippen MR) is 102 cm³/mol. The summed E-state index contributed by atoms with van der Waals surface area (Å²) in [7, 11) is 0. The van der Waals surface area contributed by atoms with Crippen molar-refractivity contribution in [1.82, 2.24) is 5.32 Å². The number of amides is 2. The maximum absolute atomic E-state index is 13.0. The smallest absolute Gasteiger partial charge is 0.258 e. The van der Waals surface area contributed by atoms with Crippen LogP contribution in [0.2, 0.25) is 0 Å². The van der Waals surface area contributed by atoms with Crippen LogP contribution in [0.5, 0.6) is 5.75 Å². The van der Waals surface area contributed by atoms with E-state index in [0.29, 0.717) is 10.2 Å². The molecule has 0 fully saturated rings. The fraction of sp³-hybridized carbons (Fsp3) is 0.263. The summed E-state index contributed by atoms with van der Waals surface area (Å²) in [6.07, 6.45) is 0. The Morgan fingerprint density at radius 3 is 2.35 bits per heavy atom. The van der Waals surface area contributed by atoms with Crippen molar-refractivity contribution >= 4 is 33.4 Å². The van der Waals surface area contributed by atoms with E-state index < -0.39 is 11.7 Å². The Kier molecular flexibility index (Phi) is 6.74. The van der Waals surface area contributed by atoms with E-state index in [2.05, 4.69) is 26.6 Å². The van der Waals surface area contributed by atoms with Crippen molar-refractivity contribution in [2.75, 3.05) is 18.5 Å². The highest BCUT2D eigenvalue weighted by atomic mass is 79.9. The Morgan fingerprint density at radius 1 is 1.08 bits per heavy atom. The lowest BCUT2D eigenvalue weighted by Gasteiger charge is -2.13. The summed E-state index contributed by atoms with van der Waals surface area (Å²) in [6.45, 7) is 5.39. The molecule has 5 nitrogen and oxygen atoms in total. The molecule has 0 bridgehead atoms. The number of nitrogens with one attached hydrogen (secondary N) is 2. The molecule has 2 amide bonds. The van der Waals surface area contributed by atoms with Crippen molar-refractivity contribution in [3.63, 3.8) is 0 Å². The van der Waals surface area contributed by atoms with Crippen molar-refractivity contribution in [1.29, 1.82) is 0 Å². The van der Waals surface area contributed by atoms with Gasteiger partial charge in [0.15, 0.2) is 6.61 Å². The number of hydrogen-bond donors (Lipinski definition) is 2. The van der Waals surface area contributed by atoms with E-state index in [-0.39, 0.29) is 19.1 Å². The van der Waals surface area contributed by atoms with Crippen LogP contribution in [0, 0.1) is 26.6 Å². The third-order valence-electron chi connectivity index (χ3n) is 3.64. The second kappa shape index (κ2) is 8.80. The quantitative estimate of drug-likeness (QED) is 0.746. The normalized spacial score (nSPS) is 10.3. The lowest BCUT2D eigenvalue weighted by molar-refractivity contribution is -0.125. The molecule has 2 aromatic carbocycles. The van der Waals surface area contributed by atoms with Gasteiger partial charge in [-0.25, -0.2) is 4.39 Å². The Morgan fingerprint density at radius 2 is 1.73 bits per heavy atom. The van der Waals surface area contributed by atoms with Crippen molar-refractivity contribution in [2.24, 2.45) is 0 Å². The van der Waals surface area contributed by atoms with Crippen LogP contribution in [0.3, 0.4) is 0 Å². The molecule has 0 aliphatic rings. The fourth-order valence-corrected chi connectivity index (χ4v) is 2.99. The molecule has 2 N–H and O–H groups in total. The molecule has 2 aromatic rings. The number of hydrogen-bond acceptors (Lipinski definition) is 3. The molecule has 0 spiro atoms. The molecule has 0 heterocycles. The summed E-state index contributed by atoms with van der Waals surface area (Å²) < 4.78 is 18.7. The van der Waals surface area contributed by atoms with Gasteiger partial charge in [-0.2, -0.15) is 0 Å². The van der Waals surface area contributed by atoms with Crippen molar-refractivity contribution in [2.45, 2.75) is 20.8 Å². The summed E-state index contributed by atoms with van der Waals surface area (Å²) in [5, 5.41) is 5.30. The SMILES string of the molecule is Cc1cc(C)c(NC(=O)CNC(=O)COc2ccc(F)cc2Br)c(C)c1. The third kappa shape index (κ3) is 5.56. The summed E-state index contributed by atoms with van der Waals surface area (Å²) in [5.74, 6) is -0.839. The summed E-state index contributed by atoms with van der Waals surface area (Å²) in [4.78, 5) is 23.9. The van der Waals surface area contributed by atoms with Gasteiger partial charge < -0.3 is 15.4 Å². The molecule has 0 saturated heterocycles. The number of rotatable bonds is 6. The van der Waals surface area contributed by atoms with Gasteiger partial charge in [-0.1, -0.05) is 17.7 Å². The van der Waals surface area contributed by atoms with E-state index in [1.807, 2.05) is 32.9 Å². The van der Waals surface area contributed by atoms with E-state index in [0.717, 1.165) is 22.4 Å². The minimum absolute atomic E-state index is 0.167. The topological polar surface area (TPSA) is 67.4 Å². The molecule has 2 rings (SSSR count). The van der Waals surface area contributed by atoms with Gasteiger partial charge in [0.25, 0.3) is 5.91 Å². The van der Waals surface area contributed by atoms with Gasteiger partial charge in [0.05, 0.1) is 11.0 Å². The number of halogens is 2. The highest BCUT2D eigenvalue weighted by molar-refractivity contribution is 9.10. The summed E-state index contributed by atoms with van der Waals surface area (Å²) in [5.41, 5.74) is 3.80. The molecule has 0 aromatic heterocycles. The first-order valence-corrected chi connectivity index (χ1v) is 8.78. The molecule has 138 valence electrons. The Bertz CT molecular complexity index is 817. The lowest BCUT2D eigenvalue weighted by atomic mass is 10.1. The molecule has 7 heteroatoms. The van der Waals surface area contributed by atoms with Crippen LogP contribution in [-0.4, -0.2) is 25.0 Å². The zero-order valence-electron chi connectivity index (χ0n) is 14.8. The zero-order chi connectivity index (χ0) is 19.3. The number of benzene rings is 2. The monoisotopic (exact) mass is 422 g/mol. The van der Waals surface area contributed by atoms with Crippen molar-refractivity contribution in [3.8, 4) is 5.75 Å². The van der Waals surface area contributed by atoms with Gasteiger partial charge in [0.1, 0.15) is 11.6 Å². The Balaban J connectivity index is 1.83. The van der Waals surface area contributed by atoms with E-state index in [4.69, 9.17) is 4.74 Å². The highest BCUT2D eigenvalue weighted by Gasteiger charge is 2.11. The number of aryl methyl sites for hydroxylation is 3. The van der Waals surface area contributed by atoms with E-state index in [1.165, 1.54) is 18.2 Å². The van der Waals surface area contributed by atoms with Crippen LogP contribution in [0.4, 0.5) is 10.1 Å². The van der Waals surface area contributed by atoms with Crippen LogP contribution in [0.15, 0.2) is 34.8 Å². The Hall–Kier alpha value is -2.41. The minimum Gasteiger partial charge on any atom is -0.483 e. The summed E-state index contributed by atoms with van der Waals surface area (Å²) >= 11 is 3.15. The third-order valence-corrected chi connectivity index (χ3v) is 4.26. The van der Waals surface area contributed by atoms with Crippen LogP contribution in [0.25, 0.3) is 0 Å². The molecule has 0 unspecified atom stereocenters. The number of ether oxygens (including phenoxy) is 1. The maximum atomic E-state index is 13.0. The Labute approximate surface area is 160 Å². The number of carbonyl (C=O) groups is 2. The molecule has 0 aliphatic heterocycles. The van der Waals surface area contributed by atoms with Gasteiger partial charge in [-0.3, -0.25) is 9.59 Å². The number of carbonyl (C=O) groups excluding carboxylic acids is 2. The number of anilines is 1. The largest absolute Gasteiger partial charge is 0.483 e. The van der Waals surface area contributed by atoms with Crippen LogP contribution in [0.1, 0.15) is 16.7 Å². The zero-order valence-corrected chi connectivity index (χ0v) is 16.4. The second-order valence-electron chi connectivity index (χ2n) is 5.96. The molecular weight excluding hydrogens is 403 g/mol. The van der Waals surface area contributed by atoms with E-state index >= 15 is 0 Å². The predicted octanol–water partition coefficient (Wildman–Crippen LogP) is 3.65. The van der Waals surface area contributed by atoms with Gasteiger partial charge in [-0.15, -0.1) is 0 Å². The molecular formula is C19H20BrFN2O3. The van der Waals surface area contributed by atoms with Crippen molar-refractivity contribution in [3.05, 3.63) is 57.3 Å². The lowest BCUT2D eigenvalue weighted by Crippen LogP contribution is -2.36. The van der Waals surface area contributed by atoms with E-state index in [9.17, 15) is 14.0 Å². The van der Waals surface area contributed by atoms with Crippen LogP contribution in [-0.2, 0) is 9.59 Å². The standard InChI is InChI=1S/C19H20BrFN2O3/c1-11-6-12(2)19(13(3)7-11)23-17(24)9-22-18(25)10-26-16-5-4-14(21)8-15(16)20/h4-8H,9-10H2,1-3H3,(H,22,25)(H,23,24). The minimum atomic E-state index is -0.450. The first-order chi connectivity index (χ1) is 12.3. The highest BCUT2D eigenvalue weighted by Crippen LogP contribution is 2.25. The van der Waals surface area contributed by atoms with Gasteiger partial charge in [0, 0.05) is 5.69 Å². The van der Waals surface area contributed by atoms with Gasteiger partial charge in [0.2, 0.25) is 5.91 Å². The first-order valence-electron chi connectivity index (χ1n) is 7.98. The average molecular weight is 423 g/mol. The summed E-state index contributed by atoms with van der Waals surface area (Å²) in [6, 6.07) is 7.86. The van der Waals surface area contributed by atoms with Crippen LogP contribution < -0.4 is 15.4 Å². The molecule has 26 heavy (non-hydrogen) atoms. The first kappa shape index (κ1) is 19.9. The van der Waals surface area contributed by atoms with E-state index in [1.54, 1.807) is 0 Å². The van der Waals surface area contributed by atoms with Gasteiger partial charge >= 0.3 is 0 Å². The fourth-order valence-electron chi connectivity index (χ4n) is 2.53. The molecule has 0 saturated carbocycles. The molecule has 0 atom stereocenters. The average Bonchev–Trinajstić information content (AvgIpc) is 2.55. The second-order valence-corrected chi connectivity index (χ2v) is 6.82. The molecule has 0 aliphatic carbocycles.